The summed E-state index contributed by atoms with van der Waals surface area (Å²) in [5.74, 6) is 1.53. The molecule has 0 spiro atoms. The topological polar surface area (TPSA) is 81.0 Å². The molecule has 18 heavy (non-hydrogen) atoms. The van der Waals surface area contributed by atoms with Crippen LogP contribution < -0.4 is 10.5 Å². The second-order valence-corrected chi connectivity index (χ2v) is 3.84. The minimum atomic E-state index is -0.481. The summed E-state index contributed by atoms with van der Waals surface area (Å²) in [6.07, 6.45) is -0.481. The smallest absolute Gasteiger partial charge is 0.180 e. The maximum atomic E-state index is 8.53. The second kappa shape index (κ2) is 5.64. The minimum absolute atomic E-state index is 0. The van der Waals surface area contributed by atoms with Crippen LogP contribution in [0.15, 0.2) is 33.8 Å². The van der Waals surface area contributed by atoms with Crippen LogP contribution >= 0.6 is 12.4 Å². The van der Waals surface area contributed by atoms with E-state index in [1.165, 1.54) is 0 Å². The van der Waals surface area contributed by atoms with E-state index in [-0.39, 0.29) is 18.2 Å². The van der Waals surface area contributed by atoms with E-state index < -0.39 is 6.10 Å². The molecular weight excluding hydrogens is 256 g/mol. The summed E-state index contributed by atoms with van der Waals surface area (Å²) in [5, 5.41) is 12.4. The van der Waals surface area contributed by atoms with Crippen molar-refractivity contribution in [3.05, 3.63) is 30.0 Å². The number of benzene rings is 1. The van der Waals surface area contributed by atoms with Crippen molar-refractivity contribution in [2.45, 2.75) is 20.0 Å². The van der Waals surface area contributed by atoms with Crippen LogP contribution in [0.3, 0.4) is 0 Å². The van der Waals surface area contributed by atoms with Crippen molar-refractivity contribution >= 4 is 29.2 Å². The van der Waals surface area contributed by atoms with Gasteiger partial charge in [-0.2, -0.15) is 0 Å². The Bertz CT molecular complexity index is 565. The zero-order chi connectivity index (χ0) is 12.4. The molecular formula is C12H15ClN2O3. The largest absolute Gasteiger partial charge is 0.483 e. The average Bonchev–Trinajstić information content (AvgIpc) is 2.67. The predicted molar refractivity (Wildman–Crippen MR) is 71.7 cm³/mol. The highest BCUT2D eigenvalue weighted by molar-refractivity contribution is 5.85. The number of hydrogen-bond acceptors (Lipinski definition) is 4. The maximum Gasteiger partial charge on any atom is 0.180 e. The molecule has 1 aromatic carbocycles. The Balaban J connectivity index is 0.00000162. The first kappa shape index (κ1) is 14.2. The summed E-state index contributed by atoms with van der Waals surface area (Å²) in [4.78, 5) is 0. The van der Waals surface area contributed by atoms with Crippen LogP contribution in [0.4, 0.5) is 0 Å². The van der Waals surface area contributed by atoms with Crippen LogP contribution in [0.5, 0.6) is 5.75 Å². The number of aryl methyl sites for hydroxylation is 1. The van der Waals surface area contributed by atoms with E-state index in [4.69, 9.17) is 20.1 Å². The standard InChI is InChI=1S/C12H14N2O3.ClH/c1-7-5-9-6-10(3-4-11(9)16-7)17-8(2)12(13)14-15;/h3-6,8,15H,1-2H3,(H2,13,14);1H. The van der Waals surface area contributed by atoms with Crippen LogP contribution in [0.1, 0.15) is 12.7 Å². The van der Waals surface area contributed by atoms with Gasteiger partial charge in [0.05, 0.1) is 0 Å². The average molecular weight is 271 g/mol. The molecule has 3 N–H and O–H groups in total. The second-order valence-electron chi connectivity index (χ2n) is 3.84. The fourth-order valence-electron chi connectivity index (χ4n) is 1.57. The fourth-order valence-corrected chi connectivity index (χ4v) is 1.57. The lowest BCUT2D eigenvalue weighted by atomic mass is 10.2. The number of furan rings is 1. The van der Waals surface area contributed by atoms with Gasteiger partial charge in [-0.15, -0.1) is 12.4 Å². The number of hydrogen-bond donors (Lipinski definition) is 2. The third-order valence-corrected chi connectivity index (χ3v) is 2.46. The highest BCUT2D eigenvalue weighted by atomic mass is 35.5. The minimum Gasteiger partial charge on any atom is -0.483 e. The Kier molecular flexibility index (Phi) is 4.44. The van der Waals surface area contributed by atoms with Crippen molar-refractivity contribution in [3.8, 4) is 5.75 Å². The van der Waals surface area contributed by atoms with Crippen molar-refractivity contribution in [2.24, 2.45) is 10.9 Å². The molecule has 0 saturated carbocycles. The molecule has 0 saturated heterocycles. The van der Waals surface area contributed by atoms with E-state index >= 15 is 0 Å². The Labute approximate surface area is 111 Å². The van der Waals surface area contributed by atoms with Crippen molar-refractivity contribution < 1.29 is 14.4 Å². The molecule has 0 radical (unpaired) electrons. The molecule has 2 rings (SSSR count). The van der Waals surface area contributed by atoms with Crippen LogP contribution in [-0.2, 0) is 0 Å². The van der Waals surface area contributed by atoms with E-state index in [1.54, 1.807) is 13.0 Å². The lowest BCUT2D eigenvalue weighted by molar-refractivity contribution is 0.266. The number of fused-ring (bicyclic) bond motifs is 1. The lowest BCUT2D eigenvalue weighted by Crippen LogP contribution is -2.31. The van der Waals surface area contributed by atoms with E-state index in [2.05, 4.69) is 5.16 Å². The Morgan fingerprint density at radius 1 is 1.44 bits per heavy atom. The summed E-state index contributed by atoms with van der Waals surface area (Å²) in [5.41, 5.74) is 6.25. The Hall–Kier alpha value is -1.88. The first-order chi connectivity index (χ1) is 8.10. The normalized spacial score (nSPS) is 13.1. The zero-order valence-corrected chi connectivity index (χ0v) is 10.9. The van der Waals surface area contributed by atoms with Crippen molar-refractivity contribution in [3.63, 3.8) is 0 Å². The fraction of sp³-hybridized carbons (Fsp3) is 0.250. The summed E-state index contributed by atoms with van der Waals surface area (Å²) in [6.45, 7) is 3.60. The monoisotopic (exact) mass is 270 g/mol. The summed E-state index contributed by atoms with van der Waals surface area (Å²) in [6, 6.07) is 7.40. The third kappa shape index (κ3) is 2.87. The van der Waals surface area contributed by atoms with E-state index in [0.29, 0.717) is 5.75 Å². The maximum absolute atomic E-state index is 8.53. The highest BCUT2D eigenvalue weighted by Gasteiger charge is 2.10. The van der Waals surface area contributed by atoms with Gasteiger partial charge in [0.1, 0.15) is 17.1 Å². The predicted octanol–water partition coefficient (Wildman–Crippen LogP) is 2.68. The molecule has 0 aliphatic rings. The molecule has 0 fully saturated rings. The summed E-state index contributed by atoms with van der Waals surface area (Å²) >= 11 is 0. The number of halogens is 1. The van der Waals surface area contributed by atoms with E-state index in [9.17, 15) is 0 Å². The number of nitrogens with zero attached hydrogens (tertiary/aromatic N) is 1. The number of oxime groups is 1. The third-order valence-electron chi connectivity index (χ3n) is 2.46. The molecule has 0 aliphatic heterocycles. The summed E-state index contributed by atoms with van der Waals surface area (Å²) < 4.78 is 11.0. The van der Waals surface area contributed by atoms with Gasteiger partial charge in [-0.3, -0.25) is 0 Å². The van der Waals surface area contributed by atoms with Gasteiger partial charge < -0.3 is 20.1 Å². The van der Waals surface area contributed by atoms with Gasteiger partial charge in [0.2, 0.25) is 0 Å². The van der Waals surface area contributed by atoms with Crippen molar-refractivity contribution in [2.75, 3.05) is 0 Å². The van der Waals surface area contributed by atoms with Crippen molar-refractivity contribution in [1.82, 2.24) is 0 Å². The van der Waals surface area contributed by atoms with Crippen LogP contribution in [0, 0.1) is 6.92 Å². The van der Waals surface area contributed by atoms with Gasteiger partial charge in [0, 0.05) is 5.39 Å². The molecule has 1 unspecified atom stereocenters. The van der Waals surface area contributed by atoms with Gasteiger partial charge in [0.15, 0.2) is 11.9 Å². The molecule has 1 aromatic heterocycles. The van der Waals surface area contributed by atoms with Crippen LogP contribution in [0.25, 0.3) is 11.0 Å². The molecule has 98 valence electrons. The quantitative estimate of drug-likeness (QED) is 0.389. The molecule has 0 bridgehead atoms. The van der Waals surface area contributed by atoms with Crippen molar-refractivity contribution in [1.29, 1.82) is 0 Å². The van der Waals surface area contributed by atoms with E-state index in [1.807, 2.05) is 25.1 Å². The van der Waals surface area contributed by atoms with Gasteiger partial charge in [-0.05, 0) is 38.1 Å². The molecule has 0 aliphatic carbocycles. The number of nitrogens with two attached hydrogens (primary N) is 1. The molecule has 6 heteroatoms. The van der Waals surface area contributed by atoms with Crippen LogP contribution in [0.2, 0.25) is 0 Å². The van der Waals surface area contributed by atoms with E-state index in [0.717, 1.165) is 16.7 Å². The first-order valence-corrected chi connectivity index (χ1v) is 5.24. The molecule has 5 nitrogen and oxygen atoms in total. The Morgan fingerprint density at radius 3 is 2.83 bits per heavy atom. The van der Waals surface area contributed by atoms with Crippen LogP contribution in [-0.4, -0.2) is 17.1 Å². The Morgan fingerprint density at radius 2 is 2.17 bits per heavy atom. The molecule has 0 amide bonds. The molecule has 1 atom stereocenters. The lowest BCUT2D eigenvalue weighted by Gasteiger charge is -2.12. The van der Waals surface area contributed by atoms with Gasteiger partial charge >= 0.3 is 0 Å². The highest BCUT2D eigenvalue weighted by Crippen LogP contribution is 2.24. The molecule has 1 heterocycles. The van der Waals surface area contributed by atoms with Gasteiger partial charge in [0.25, 0.3) is 0 Å². The number of ether oxygens (including phenoxy) is 1. The SMILES string of the molecule is Cc1cc2cc(OC(C)C(N)=NO)ccc2o1.Cl. The number of amidine groups is 1. The van der Waals surface area contributed by atoms with Gasteiger partial charge in [-0.25, -0.2) is 0 Å². The first-order valence-electron chi connectivity index (χ1n) is 5.24. The summed E-state index contributed by atoms with van der Waals surface area (Å²) in [7, 11) is 0. The zero-order valence-electron chi connectivity index (χ0n) is 10.1. The number of rotatable bonds is 3. The van der Waals surface area contributed by atoms with Gasteiger partial charge in [-0.1, -0.05) is 5.16 Å². The molecule has 2 aromatic rings.